The normalized spacial score (nSPS) is 11.1. The minimum atomic E-state index is -4.21. The number of aliphatic hydroxyl groups excluding tert-OH is 2. The first kappa shape index (κ1) is 35.8. The highest BCUT2D eigenvalue weighted by Gasteiger charge is 2.25. The van der Waals surface area contributed by atoms with Crippen molar-refractivity contribution in [2.45, 2.75) is 44.7 Å². The van der Waals surface area contributed by atoms with Gasteiger partial charge in [-0.05, 0) is 65.8 Å². The van der Waals surface area contributed by atoms with E-state index in [1.807, 2.05) is 0 Å². The third-order valence-electron chi connectivity index (χ3n) is 6.80. The maximum atomic E-state index is 16.2. The molecule has 46 heavy (non-hydrogen) atoms. The predicted molar refractivity (Wildman–Crippen MR) is 161 cm³/mol. The van der Waals surface area contributed by atoms with Crippen molar-refractivity contribution in [3.8, 4) is 33.8 Å². The Morgan fingerprint density at radius 2 is 1.26 bits per heavy atom. The van der Waals surface area contributed by atoms with Crippen LogP contribution in [0.2, 0.25) is 0 Å². The van der Waals surface area contributed by atoms with Gasteiger partial charge in [0.05, 0.1) is 24.4 Å². The van der Waals surface area contributed by atoms with Crippen molar-refractivity contribution in [1.82, 2.24) is 0 Å². The molecule has 0 saturated carbocycles. The van der Waals surface area contributed by atoms with Crippen molar-refractivity contribution in [3.63, 3.8) is 0 Å². The van der Waals surface area contributed by atoms with E-state index in [1.54, 1.807) is 48.5 Å². The summed E-state index contributed by atoms with van der Waals surface area (Å²) in [5, 5.41) is 17.9. The summed E-state index contributed by atoms with van der Waals surface area (Å²) in [5.74, 6) is -1.72. The van der Waals surface area contributed by atoms with Crippen LogP contribution in [0.5, 0.6) is 11.5 Å². The van der Waals surface area contributed by atoms with Gasteiger partial charge in [0.15, 0.2) is 5.75 Å². The van der Waals surface area contributed by atoms with Gasteiger partial charge in [-0.3, -0.25) is 4.89 Å². The number of ether oxygens (including phenoxy) is 2. The molecule has 0 radical (unpaired) electrons. The molecule has 0 fully saturated rings. The van der Waals surface area contributed by atoms with Gasteiger partial charge in [0.2, 0.25) is 6.79 Å². The first-order chi connectivity index (χ1) is 21.9. The van der Waals surface area contributed by atoms with Crippen LogP contribution in [0.3, 0.4) is 0 Å². The Balaban J connectivity index is 1.79. The van der Waals surface area contributed by atoms with Crippen molar-refractivity contribution in [2.24, 2.45) is 0 Å². The lowest BCUT2D eigenvalue weighted by molar-refractivity contribution is -0.209. The Hall–Kier alpha value is -4.68. The summed E-state index contributed by atoms with van der Waals surface area (Å²) in [6.07, 6.45) is -3.50. The Labute approximate surface area is 263 Å². The molecule has 0 saturated heterocycles. The predicted octanol–water partition coefficient (Wildman–Crippen LogP) is 7.03. The second kappa shape index (κ2) is 17.1. The second-order valence-electron chi connectivity index (χ2n) is 10.2. The fourth-order valence-corrected chi connectivity index (χ4v) is 4.29. The molecule has 0 amide bonds. The quantitative estimate of drug-likeness (QED) is 0.0306. The van der Waals surface area contributed by atoms with Gasteiger partial charge in [0.1, 0.15) is 11.6 Å². The first-order valence-electron chi connectivity index (χ1n) is 14.3. The molecule has 3 aromatic carbocycles. The lowest BCUT2D eigenvalue weighted by atomic mass is 9.91. The van der Waals surface area contributed by atoms with Gasteiger partial charge in [-0.1, -0.05) is 62.4 Å². The highest BCUT2D eigenvalue weighted by Crippen LogP contribution is 2.35. The van der Waals surface area contributed by atoms with Gasteiger partial charge < -0.3 is 19.7 Å². The summed E-state index contributed by atoms with van der Waals surface area (Å²) in [5.41, 5.74) is 2.09. The zero-order valence-electron chi connectivity index (χ0n) is 24.9. The number of hydrogen-bond donors (Lipinski definition) is 2. The zero-order chi connectivity index (χ0) is 33.7. The smallest absolute Gasteiger partial charge is 0.389 e. The SMILES string of the molecule is C=C(CO)C(=O)OCOc1ccc(-c2ccc(-c3ccc(OOC(=O)C(=C)CO)cc3)c(CCCCCCC(F)(F)F)c2F)cc1. The molecule has 0 heterocycles. The van der Waals surface area contributed by atoms with Crippen molar-refractivity contribution in [2.75, 3.05) is 20.0 Å². The molecule has 8 nitrogen and oxygen atoms in total. The minimum Gasteiger partial charge on any atom is -0.457 e. The van der Waals surface area contributed by atoms with Crippen LogP contribution in [0.4, 0.5) is 17.6 Å². The summed E-state index contributed by atoms with van der Waals surface area (Å²) >= 11 is 0. The molecule has 0 atom stereocenters. The molecule has 12 heteroatoms. The first-order valence-corrected chi connectivity index (χ1v) is 14.3. The van der Waals surface area contributed by atoms with Crippen molar-refractivity contribution in [1.29, 1.82) is 0 Å². The minimum absolute atomic E-state index is 0.000371. The van der Waals surface area contributed by atoms with E-state index in [-0.39, 0.29) is 29.7 Å². The molecule has 246 valence electrons. The molecule has 0 spiro atoms. The highest BCUT2D eigenvalue weighted by atomic mass is 19.4. The van der Waals surface area contributed by atoms with E-state index in [1.165, 1.54) is 12.1 Å². The number of carbonyl (C=O) groups is 2. The topological polar surface area (TPSA) is 112 Å². The third-order valence-corrected chi connectivity index (χ3v) is 6.80. The van der Waals surface area contributed by atoms with E-state index < -0.39 is 50.4 Å². The van der Waals surface area contributed by atoms with E-state index >= 15 is 4.39 Å². The molecular weight excluding hydrogens is 612 g/mol. The van der Waals surface area contributed by atoms with E-state index in [9.17, 15) is 22.8 Å². The van der Waals surface area contributed by atoms with Crippen molar-refractivity contribution >= 4 is 11.9 Å². The van der Waals surface area contributed by atoms with Gasteiger partial charge in [-0.2, -0.15) is 13.2 Å². The van der Waals surface area contributed by atoms with Gasteiger partial charge in [0, 0.05) is 12.0 Å². The fraction of sp³-hybridized carbons (Fsp3) is 0.294. The largest absolute Gasteiger partial charge is 0.457 e. The van der Waals surface area contributed by atoms with Gasteiger partial charge in [-0.15, -0.1) is 0 Å². The molecular formula is C34H34F4O8. The molecule has 0 aliphatic heterocycles. The molecule has 2 N–H and O–H groups in total. The number of alkyl halides is 3. The van der Waals surface area contributed by atoms with Crippen LogP contribution in [-0.4, -0.2) is 48.3 Å². The van der Waals surface area contributed by atoms with E-state index in [0.29, 0.717) is 52.8 Å². The molecule has 3 rings (SSSR count). The number of halogens is 4. The highest BCUT2D eigenvalue weighted by molar-refractivity contribution is 5.88. The summed E-state index contributed by atoms with van der Waals surface area (Å²) in [4.78, 5) is 32.9. The third kappa shape index (κ3) is 10.7. The van der Waals surface area contributed by atoms with E-state index in [4.69, 9.17) is 24.6 Å². The molecule has 0 aromatic heterocycles. The van der Waals surface area contributed by atoms with Crippen LogP contribution in [0.15, 0.2) is 85.0 Å². The summed E-state index contributed by atoms with van der Waals surface area (Å²) < 4.78 is 63.9. The number of unbranched alkanes of at least 4 members (excludes halogenated alkanes) is 3. The van der Waals surface area contributed by atoms with Crippen LogP contribution in [-0.2, 0) is 25.6 Å². The van der Waals surface area contributed by atoms with Gasteiger partial charge in [0.25, 0.3) is 0 Å². The number of rotatable bonds is 17. The number of carbonyl (C=O) groups excluding carboxylic acids is 2. The van der Waals surface area contributed by atoms with Crippen molar-refractivity contribution in [3.05, 3.63) is 96.3 Å². The van der Waals surface area contributed by atoms with E-state index in [0.717, 1.165) is 0 Å². The zero-order valence-corrected chi connectivity index (χ0v) is 24.9. The van der Waals surface area contributed by atoms with Crippen molar-refractivity contribution < 1.29 is 56.6 Å². The Kier molecular flexibility index (Phi) is 13.3. The molecule has 0 aliphatic rings. The van der Waals surface area contributed by atoms with Crippen LogP contribution in [0.1, 0.15) is 37.7 Å². The number of benzene rings is 3. The Morgan fingerprint density at radius 3 is 1.87 bits per heavy atom. The fourth-order valence-electron chi connectivity index (χ4n) is 4.29. The Bertz CT molecular complexity index is 1500. The molecule has 0 aliphatic carbocycles. The summed E-state index contributed by atoms with van der Waals surface area (Å²) in [6, 6.07) is 16.0. The molecule has 0 unspecified atom stereocenters. The summed E-state index contributed by atoms with van der Waals surface area (Å²) in [6.45, 7) is 5.15. The lowest BCUT2D eigenvalue weighted by Gasteiger charge is -2.16. The van der Waals surface area contributed by atoms with Gasteiger partial charge >= 0.3 is 18.1 Å². The summed E-state index contributed by atoms with van der Waals surface area (Å²) in [7, 11) is 0. The molecule has 3 aromatic rings. The average molecular weight is 647 g/mol. The number of hydrogen-bond acceptors (Lipinski definition) is 8. The maximum Gasteiger partial charge on any atom is 0.389 e. The van der Waals surface area contributed by atoms with Gasteiger partial charge in [-0.25, -0.2) is 18.9 Å². The number of aliphatic hydroxyl groups is 2. The molecule has 0 bridgehead atoms. The lowest BCUT2D eigenvalue weighted by Crippen LogP contribution is -2.13. The average Bonchev–Trinajstić information content (AvgIpc) is 3.05. The second-order valence-corrected chi connectivity index (χ2v) is 10.2. The number of esters is 1. The Morgan fingerprint density at radius 1 is 0.717 bits per heavy atom. The van der Waals surface area contributed by atoms with E-state index in [2.05, 4.69) is 18.0 Å². The van der Waals surface area contributed by atoms with Crippen LogP contribution in [0, 0.1) is 5.82 Å². The van der Waals surface area contributed by atoms with Crippen LogP contribution < -0.4 is 9.62 Å². The van der Waals surface area contributed by atoms with Crippen LogP contribution in [0.25, 0.3) is 22.3 Å². The monoisotopic (exact) mass is 646 g/mol. The standard InChI is InChI=1S/C34H34F4O8/c1-22(19-39)32(41)44-21-43-26-12-8-25(9-13-26)29-17-16-28(30(31(29)35)7-5-3-4-6-18-34(36,37)38)24-10-14-27(15-11-24)45-46-33(42)23(2)20-40/h8-17,39-40H,1-7,18-21H2. The van der Waals surface area contributed by atoms with Crippen LogP contribution >= 0.6 is 0 Å². The maximum absolute atomic E-state index is 16.2.